The van der Waals surface area contributed by atoms with Crippen LogP contribution in [0.5, 0.6) is 5.75 Å². The van der Waals surface area contributed by atoms with E-state index in [2.05, 4.69) is 61.8 Å². The highest BCUT2D eigenvalue weighted by Gasteiger charge is 2.26. The predicted octanol–water partition coefficient (Wildman–Crippen LogP) is 6.34. The lowest BCUT2D eigenvalue weighted by atomic mass is 9.86. The Morgan fingerprint density at radius 2 is 1.74 bits per heavy atom. The Hall–Kier alpha value is -2.92. The Labute approximate surface area is 210 Å². The van der Waals surface area contributed by atoms with Gasteiger partial charge in [-0.25, -0.2) is 4.98 Å². The Kier molecular flexibility index (Phi) is 8.40. The molecule has 1 aromatic heterocycles. The molecule has 0 amide bonds. The van der Waals surface area contributed by atoms with Gasteiger partial charge in [0.15, 0.2) is 12.0 Å². The molecular weight excluding hydrogens is 434 g/mol. The number of fused-ring (bicyclic) bond motifs is 1. The van der Waals surface area contributed by atoms with Gasteiger partial charge in [0.05, 0.1) is 6.33 Å². The van der Waals surface area contributed by atoms with E-state index in [1.165, 1.54) is 16.7 Å². The normalized spacial score (nSPS) is 14.5. The molecule has 5 heteroatoms. The van der Waals surface area contributed by atoms with Crippen molar-refractivity contribution in [2.45, 2.75) is 66.2 Å². The van der Waals surface area contributed by atoms with E-state index in [-0.39, 0.29) is 12.0 Å². The lowest BCUT2D eigenvalue weighted by Gasteiger charge is -2.31. The first kappa shape index (κ1) is 25.2. The minimum Gasteiger partial charge on any atom is -0.469 e. The second-order valence-corrected chi connectivity index (χ2v) is 10.6. The molecule has 4 rings (SSSR count). The predicted molar refractivity (Wildman–Crippen MR) is 141 cm³/mol. The SMILES string of the molecule is CC(C)CN(Cc1c(OC(Cc2ccccc2)n2ccnc2)ccc2c1CCCC2=O)CC(C)C. The summed E-state index contributed by atoms with van der Waals surface area (Å²) in [4.78, 5) is 19.6. The van der Waals surface area contributed by atoms with E-state index in [0.717, 1.165) is 50.2 Å². The molecule has 1 heterocycles. The summed E-state index contributed by atoms with van der Waals surface area (Å²) in [5, 5.41) is 0. The number of carbonyl (C=O) groups excluding carboxylic acids is 1. The topological polar surface area (TPSA) is 47.4 Å². The van der Waals surface area contributed by atoms with Gasteiger partial charge in [-0.3, -0.25) is 9.69 Å². The van der Waals surface area contributed by atoms with Crippen LogP contribution in [0.1, 0.15) is 73.8 Å². The number of Topliss-reactive ketones (excluding diaryl/α,β-unsaturated/α-hetero) is 1. The molecule has 0 N–H and O–H groups in total. The Balaban J connectivity index is 1.71. The lowest BCUT2D eigenvalue weighted by molar-refractivity contribution is 0.0970. The summed E-state index contributed by atoms with van der Waals surface area (Å²) in [6.07, 6.45) is 8.55. The van der Waals surface area contributed by atoms with Crippen molar-refractivity contribution in [2.24, 2.45) is 11.8 Å². The van der Waals surface area contributed by atoms with Gasteiger partial charge in [0.25, 0.3) is 0 Å². The standard InChI is InChI=1S/C30H39N3O2/c1-22(2)18-32(19-23(3)4)20-27-25-11-8-12-28(34)26(25)13-14-29(27)35-30(33-16-15-31-21-33)17-24-9-6-5-7-10-24/h5-7,9-10,13-16,21-23,30H,8,11-12,17-20H2,1-4H3. The summed E-state index contributed by atoms with van der Waals surface area (Å²) in [7, 11) is 0. The average Bonchev–Trinajstić information content (AvgIpc) is 3.35. The highest BCUT2D eigenvalue weighted by atomic mass is 16.5. The minimum atomic E-state index is -0.223. The number of hydrogen-bond donors (Lipinski definition) is 0. The molecule has 2 aromatic carbocycles. The molecule has 1 unspecified atom stereocenters. The van der Waals surface area contributed by atoms with E-state index >= 15 is 0 Å². The van der Waals surface area contributed by atoms with Gasteiger partial charge >= 0.3 is 0 Å². The van der Waals surface area contributed by atoms with E-state index in [1.807, 2.05) is 35.3 Å². The molecule has 0 fully saturated rings. The maximum absolute atomic E-state index is 12.8. The van der Waals surface area contributed by atoms with E-state index in [4.69, 9.17) is 4.74 Å². The number of ketones is 1. The highest BCUT2D eigenvalue weighted by Crippen LogP contribution is 2.35. The first-order chi connectivity index (χ1) is 16.9. The van der Waals surface area contributed by atoms with Crippen LogP contribution in [0.2, 0.25) is 0 Å². The summed E-state index contributed by atoms with van der Waals surface area (Å²) in [5.41, 5.74) is 4.45. The van der Waals surface area contributed by atoms with E-state index in [1.54, 1.807) is 6.20 Å². The number of rotatable bonds is 11. The first-order valence-corrected chi connectivity index (χ1v) is 13.0. The quantitative estimate of drug-likeness (QED) is 0.326. The third kappa shape index (κ3) is 6.61. The van der Waals surface area contributed by atoms with Gasteiger partial charge in [-0.05, 0) is 47.9 Å². The van der Waals surface area contributed by atoms with Gasteiger partial charge in [0.1, 0.15) is 5.75 Å². The van der Waals surface area contributed by atoms with Gasteiger partial charge in [-0.2, -0.15) is 0 Å². The van der Waals surface area contributed by atoms with Crippen LogP contribution in [0.4, 0.5) is 0 Å². The van der Waals surface area contributed by atoms with Crippen molar-refractivity contribution in [2.75, 3.05) is 13.1 Å². The first-order valence-electron chi connectivity index (χ1n) is 13.0. The lowest BCUT2D eigenvalue weighted by Crippen LogP contribution is -2.32. The largest absolute Gasteiger partial charge is 0.469 e. The van der Waals surface area contributed by atoms with Crippen molar-refractivity contribution >= 4 is 5.78 Å². The molecule has 5 nitrogen and oxygen atoms in total. The summed E-state index contributed by atoms with van der Waals surface area (Å²) >= 11 is 0. The van der Waals surface area contributed by atoms with Crippen molar-refractivity contribution in [1.82, 2.24) is 14.5 Å². The van der Waals surface area contributed by atoms with Crippen LogP contribution in [0.3, 0.4) is 0 Å². The van der Waals surface area contributed by atoms with Crippen LogP contribution in [0.15, 0.2) is 61.2 Å². The third-order valence-electron chi connectivity index (χ3n) is 6.52. The molecule has 1 aliphatic carbocycles. The summed E-state index contributed by atoms with van der Waals surface area (Å²) in [6, 6.07) is 14.4. The van der Waals surface area contributed by atoms with Crippen LogP contribution < -0.4 is 4.74 Å². The number of aromatic nitrogens is 2. The molecule has 35 heavy (non-hydrogen) atoms. The van der Waals surface area contributed by atoms with Crippen molar-refractivity contribution in [3.05, 3.63) is 83.4 Å². The Morgan fingerprint density at radius 1 is 1.00 bits per heavy atom. The van der Waals surface area contributed by atoms with Crippen molar-refractivity contribution in [3.8, 4) is 5.75 Å². The molecule has 0 saturated carbocycles. The van der Waals surface area contributed by atoms with Crippen molar-refractivity contribution < 1.29 is 9.53 Å². The number of nitrogens with zero attached hydrogens (tertiary/aromatic N) is 3. The van der Waals surface area contributed by atoms with Crippen molar-refractivity contribution in [1.29, 1.82) is 0 Å². The molecule has 0 saturated heterocycles. The second kappa shape index (κ2) is 11.7. The number of imidazole rings is 1. The van der Waals surface area contributed by atoms with Crippen LogP contribution in [0, 0.1) is 11.8 Å². The molecule has 3 aromatic rings. The average molecular weight is 474 g/mol. The number of ether oxygens (including phenoxy) is 1. The Morgan fingerprint density at radius 3 is 2.40 bits per heavy atom. The fourth-order valence-electron chi connectivity index (χ4n) is 5.13. The minimum absolute atomic E-state index is 0.223. The zero-order chi connectivity index (χ0) is 24.8. The smallest absolute Gasteiger partial charge is 0.180 e. The van der Waals surface area contributed by atoms with Crippen LogP contribution in [0.25, 0.3) is 0 Å². The van der Waals surface area contributed by atoms with E-state index < -0.39 is 0 Å². The Bertz CT molecular complexity index is 1080. The molecule has 0 bridgehead atoms. The van der Waals surface area contributed by atoms with Crippen LogP contribution in [-0.2, 0) is 19.4 Å². The number of carbonyl (C=O) groups is 1. The molecule has 1 aliphatic rings. The molecule has 0 aliphatic heterocycles. The highest BCUT2D eigenvalue weighted by molar-refractivity contribution is 5.99. The van der Waals surface area contributed by atoms with E-state index in [0.29, 0.717) is 18.3 Å². The maximum Gasteiger partial charge on any atom is 0.180 e. The fraction of sp³-hybridized carbons (Fsp3) is 0.467. The van der Waals surface area contributed by atoms with Crippen molar-refractivity contribution in [3.63, 3.8) is 0 Å². The van der Waals surface area contributed by atoms with E-state index in [9.17, 15) is 4.79 Å². The molecule has 186 valence electrons. The van der Waals surface area contributed by atoms with Gasteiger partial charge in [-0.1, -0.05) is 58.0 Å². The zero-order valence-corrected chi connectivity index (χ0v) is 21.6. The van der Waals surface area contributed by atoms with Crippen LogP contribution >= 0.6 is 0 Å². The molecular formula is C30H39N3O2. The zero-order valence-electron chi connectivity index (χ0n) is 21.6. The molecule has 1 atom stereocenters. The fourth-order valence-corrected chi connectivity index (χ4v) is 5.13. The second-order valence-electron chi connectivity index (χ2n) is 10.6. The summed E-state index contributed by atoms with van der Waals surface area (Å²) in [6.45, 7) is 11.9. The van der Waals surface area contributed by atoms with Gasteiger partial charge in [-0.15, -0.1) is 0 Å². The number of benzene rings is 2. The van der Waals surface area contributed by atoms with Gasteiger partial charge in [0, 0.05) is 56.0 Å². The van der Waals surface area contributed by atoms with Gasteiger partial charge in [0.2, 0.25) is 0 Å². The molecule has 0 radical (unpaired) electrons. The number of hydrogen-bond acceptors (Lipinski definition) is 4. The monoisotopic (exact) mass is 473 g/mol. The third-order valence-corrected chi connectivity index (χ3v) is 6.52. The van der Waals surface area contributed by atoms with Crippen LogP contribution in [-0.4, -0.2) is 33.3 Å². The molecule has 0 spiro atoms. The maximum atomic E-state index is 12.8. The van der Waals surface area contributed by atoms with Gasteiger partial charge < -0.3 is 9.30 Å². The summed E-state index contributed by atoms with van der Waals surface area (Å²) < 4.78 is 8.82. The summed E-state index contributed by atoms with van der Waals surface area (Å²) in [5.74, 6) is 2.27.